The van der Waals surface area contributed by atoms with Crippen molar-refractivity contribution in [1.82, 2.24) is 9.80 Å². The van der Waals surface area contributed by atoms with Crippen LogP contribution in [0.2, 0.25) is 0 Å². The second-order valence-electron chi connectivity index (χ2n) is 10.9. The summed E-state index contributed by atoms with van der Waals surface area (Å²) in [4.78, 5) is 43.4. The first-order valence-electron chi connectivity index (χ1n) is 15.3. The van der Waals surface area contributed by atoms with Crippen molar-refractivity contribution >= 4 is 29.0 Å². The molecular formula is C33H48N4O3. The molecule has 2 aromatic rings. The first kappa shape index (κ1) is 31.5. The number of carbonyl (C=O) groups excluding carboxylic acids is 3. The molecule has 7 heteroatoms. The van der Waals surface area contributed by atoms with Crippen molar-refractivity contribution in [3.05, 3.63) is 47.5 Å². The molecule has 0 atom stereocenters. The van der Waals surface area contributed by atoms with E-state index in [0.29, 0.717) is 35.6 Å². The van der Waals surface area contributed by atoms with Crippen molar-refractivity contribution in [1.29, 1.82) is 0 Å². The lowest BCUT2D eigenvalue weighted by atomic mass is 10.0. The molecule has 0 radical (unpaired) electrons. The van der Waals surface area contributed by atoms with Gasteiger partial charge in [0.1, 0.15) is 0 Å². The van der Waals surface area contributed by atoms with Crippen LogP contribution < -0.4 is 10.6 Å². The number of unbranched alkanes of at least 4 members (excludes halogenated alkanes) is 4. The van der Waals surface area contributed by atoms with Gasteiger partial charge in [0.25, 0.3) is 0 Å². The molecular weight excluding hydrogens is 500 g/mol. The lowest BCUT2D eigenvalue weighted by molar-refractivity contribution is -0.118. The van der Waals surface area contributed by atoms with Gasteiger partial charge in [-0.25, -0.2) is 0 Å². The molecule has 0 spiro atoms. The molecule has 2 amide bonds. The molecule has 3 rings (SSSR count). The van der Waals surface area contributed by atoms with Crippen LogP contribution in [0.15, 0.2) is 36.4 Å². The normalized spacial score (nSPS) is 12.1. The fourth-order valence-electron chi connectivity index (χ4n) is 5.11. The number of carbonyl (C=O) groups is 3. The number of nitrogens with zero attached hydrogens (tertiary/aromatic N) is 2. The predicted molar refractivity (Wildman–Crippen MR) is 165 cm³/mol. The molecule has 2 N–H and O–H groups in total. The zero-order valence-electron chi connectivity index (χ0n) is 25.0. The number of hydrogen-bond donors (Lipinski definition) is 2. The largest absolute Gasteiger partial charge is 0.325 e. The zero-order chi connectivity index (χ0) is 28.9. The van der Waals surface area contributed by atoms with Crippen molar-refractivity contribution in [3.63, 3.8) is 0 Å². The number of ketones is 1. The Kier molecular flexibility index (Phi) is 12.8. The molecule has 1 aliphatic carbocycles. The monoisotopic (exact) mass is 548 g/mol. The molecule has 0 saturated carbocycles. The molecule has 2 aromatic carbocycles. The minimum absolute atomic E-state index is 0.0629. The van der Waals surface area contributed by atoms with Gasteiger partial charge in [-0.1, -0.05) is 65.5 Å². The van der Waals surface area contributed by atoms with Crippen LogP contribution in [-0.4, -0.2) is 66.7 Å². The van der Waals surface area contributed by atoms with Gasteiger partial charge in [-0.2, -0.15) is 0 Å². The summed E-state index contributed by atoms with van der Waals surface area (Å²) in [5.41, 5.74) is 4.13. The standard InChI is InChI=1S/C33H48N4O3/c1-5-9-17-36(18-10-6-2)23-31(38)34-25-13-15-27-28-16-14-26(22-30(28)33(40)29(27)21-25)35-32(39)24-37(19-11-7-3)20-12-8-4/h13-16,21-22H,5-12,17-20,23-24H2,1-4H3,(H,34,38)(H,35,39). The lowest BCUT2D eigenvalue weighted by Crippen LogP contribution is -2.34. The van der Waals surface area contributed by atoms with Gasteiger partial charge in [0, 0.05) is 22.5 Å². The first-order valence-corrected chi connectivity index (χ1v) is 15.3. The molecule has 0 bridgehead atoms. The van der Waals surface area contributed by atoms with Gasteiger partial charge >= 0.3 is 0 Å². The highest BCUT2D eigenvalue weighted by Gasteiger charge is 2.27. The number of hydrogen-bond acceptors (Lipinski definition) is 5. The Morgan fingerprint density at radius 2 is 0.925 bits per heavy atom. The van der Waals surface area contributed by atoms with E-state index in [1.165, 1.54) is 0 Å². The Hall–Kier alpha value is -3.03. The number of anilines is 2. The molecule has 1 aliphatic rings. The summed E-state index contributed by atoms with van der Waals surface area (Å²) in [5, 5.41) is 5.98. The molecule has 0 aliphatic heterocycles. The van der Waals surface area contributed by atoms with Crippen LogP contribution in [0.4, 0.5) is 11.4 Å². The number of amides is 2. The number of rotatable bonds is 18. The van der Waals surface area contributed by atoms with E-state index < -0.39 is 0 Å². The van der Waals surface area contributed by atoms with Gasteiger partial charge in [0.15, 0.2) is 5.78 Å². The summed E-state index contributed by atoms with van der Waals surface area (Å²) in [6.07, 6.45) is 8.67. The summed E-state index contributed by atoms with van der Waals surface area (Å²) in [7, 11) is 0. The number of fused-ring (bicyclic) bond motifs is 3. The van der Waals surface area contributed by atoms with Crippen LogP contribution >= 0.6 is 0 Å². The van der Waals surface area contributed by atoms with E-state index in [4.69, 9.17) is 0 Å². The van der Waals surface area contributed by atoms with Crippen molar-refractivity contribution in [2.45, 2.75) is 79.1 Å². The molecule has 0 aromatic heterocycles. The average molecular weight is 549 g/mol. The summed E-state index contributed by atoms with van der Waals surface area (Å²) in [6, 6.07) is 11.1. The van der Waals surface area contributed by atoms with Crippen LogP contribution in [0.25, 0.3) is 11.1 Å². The van der Waals surface area contributed by atoms with Crippen molar-refractivity contribution < 1.29 is 14.4 Å². The van der Waals surface area contributed by atoms with Gasteiger partial charge in [-0.15, -0.1) is 0 Å². The Morgan fingerprint density at radius 1 is 0.575 bits per heavy atom. The van der Waals surface area contributed by atoms with E-state index in [0.717, 1.165) is 88.7 Å². The van der Waals surface area contributed by atoms with E-state index in [1.807, 2.05) is 24.3 Å². The van der Waals surface area contributed by atoms with Crippen LogP contribution in [0.3, 0.4) is 0 Å². The third-order valence-corrected chi connectivity index (χ3v) is 7.43. The smallest absolute Gasteiger partial charge is 0.238 e. The highest BCUT2D eigenvalue weighted by Crippen LogP contribution is 2.39. The highest BCUT2D eigenvalue weighted by atomic mass is 16.2. The predicted octanol–water partition coefficient (Wildman–Crippen LogP) is 6.58. The number of nitrogens with one attached hydrogen (secondary N) is 2. The van der Waals surface area contributed by atoms with Gasteiger partial charge < -0.3 is 10.6 Å². The van der Waals surface area contributed by atoms with Gasteiger partial charge in [0.05, 0.1) is 13.1 Å². The SMILES string of the molecule is CCCCN(CCCC)CC(=O)Nc1ccc2c(c1)C(=O)c1cc(NC(=O)CN(CCCC)CCCC)ccc1-2. The first-order chi connectivity index (χ1) is 19.4. The van der Waals surface area contributed by atoms with Gasteiger partial charge in [-0.3, -0.25) is 24.2 Å². The van der Waals surface area contributed by atoms with E-state index in [9.17, 15) is 14.4 Å². The van der Waals surface area contributed by atoms with Crippen LogP contribution in [-0.2, 0) is 9.59 Å². The highest BCUT2D eigenvalue weighted by molar-refractivity contribution is 6.22. The zero-order valence-corrected chi connectivity index (χ0v) is 25.0. The van der Waals surface area contributed by atoms with Crippen LogP contribution in [0, 0.1) is 0 Å². The van der Waals surface area contributed by atoms with Gasteiger partial charge in [0.2, 0.25) is 11.8 Å². The topological polar surface area (TPSA) is 81.8 Å². The second-order valence-corrected chi connectivity index (χ2v) is 10.9. The minimum Gasteiger partial charge on any atom is -0.325 e. The third-order valence-electron chi connectivity index (χ3n) is 7.43. The quantitative estimate of drug-likeness (QED) is 0.188. The van der Waals surface area contributed by atoms with Crippen LogP contribution in [0.5, 0.6) is 0 Å². The molecule has 0 unspecified atom stereocenters. The molecule has 7 nitrogen and oxygen atoms in total. The maximum atomic E-state index is 13.4. The Bertz CT molecular complexity index is 1040. The van der Waals surface area contributed by atoms with Crippen molar-refractivity contribution in [2.24, 2.45) is 0 Å². The Labute approximate surface area is 240 Å². The summed E-state index contributed by atoms with van der Waals surface area (Å²) in [5.74, 6) is -0.212. The molecule has 0 saturated heterocycles. The second kappa shape index (κ2) is 16.3. The maximum absolute atomic E-state index is 13.4. The molecule has 218 valence electrons. The third kappa shape index (κ3) is 9.00. The lowest BCUT2D eigenvalue weighted by Gasteiger charge is -2.21. The Balaban J connectivity index is 1.65. The van der Waals surface area contributed by atoms with E-state index in [2.05, 4.69) is 48.1 Å². The fraction of sp³-hybridized carbons (Fsp3) is 0.545. The van der Waals surface area contributed by atoms with Crippen LogP contribution in [0.1, 0.15) is 95.0 Å². The average Bonchev–Trinajstić information content (AvgIpc) is 3.22. The van der Waals surface area contributed by atoms with Crippen molar-refractivity contribution in [2.75, 3.05) is 49.9 Å². The number of benzene rings is 2. The van der Waals surface area contributed by atoms with Crippen molar-refractivity contribution in [3.8, 4) is 11.1 Å². The minimum atomic E-state index is -0.0859. The summed E-state index contributed by atoms with van der Waals surface area (Å²) < 4.78 is 0. The molecule has 0 fully saturated rings. The van der Waals surface area contributed by atoms with E-state index >= 15 is 0 Å². The summed E-state index contributed by atoms with van der Waals surface area (Å²) in [6.45, 7) is 13.0. The summed E-state index contributed by atoms with van der Waals surface area (Å²) >= 11 is 0. The molecule has 0 heterocycles. The van der Waals surface area contributed by atoms with Gasteiger partial charge in [-0.05, 0) is 87.3 Å². The van der Waals surface area contributed by atoms with E-state index in [-0.39, 0.29) is 17.6 Å². The van der Waals surface area contributed by atoms with E-state index in [1.54, 1.807) is 12.1 Å². The maximum Gasteiger partial charge on any atom is 0.238 e. The molecule has 40 heavy (non-hydrogen) atoms. The fourth-order valence-corrected chi connectivity index (χ4v) is 5.11. The Morgan fingerprint density at radius 3 is 1.25 bits per heavy atom.